The molecule has 5 heteroatoms. The second-order valence-corrected chi connectivity index (χ2v) is 5.18. The fraction of sp³-hybridized carbons (Fsp3) is 0.312. The van der Waals surface area contributed by atoms with Gasteiger partial charge in [-0.1, -0.05) is 11.6 Å². The number of fused-ring (bicyclic) bond motifs is 1. The number of halogens is 1. The van der Waals surface area contributed by atoms with Crippen molar-refractivity contribution in [3.05, 3.63) is 41.6 Å². The Balaban J connectivity index is 2.00. The van der Waals surface area contributed by atoms with E-state index in [4.69, 9.17) is 20.8 Å². The summed E-state index contributed by atoms with van der Waals surface area (Å²) in [5.41, 5.74) is 1.94. The van der Waals surface area contributed by atoms with Gasteiger partial charge in [0.15, 0.2) is 11.6 Å². The molecule has 21 heavy (non-hydrogen) atoms. The minimum atomic E-state index is 0.708. The summed E-state index contributed by atoms with van der Waals surface area (Å²) >= 11 is 6.12. The largest absolute Gasteiger partial charge is 0.461 e. The van der Waals surface area contributed by atoms with Crippen molar-refractivity contribution in [1.82, 2.24) is 9.55 Å². The topological polar surface area (TPSA) is 40.2 Å². The van der Waals surface area contributed by atoms with Gasteiger partial charge in [0.2, 0.25) is 0 Å². The lowest BCUT2D eigenvalue weighted by molar-refractivity contribution is 0.142. The summed E-state index contributed by atoms with van der Waals surface area (Å²) in [7, 11) is 0. The highest BCUT2D eigenvalue weighted by Gasteiger charge is 2.14. The van der Waals surface area contributed by atoms with E-state index in [2.05, 4.69) is 9.55 Å². The molecule has 0 amide bonds. The first-order valence-electron chi connectivity index (χ1n) is 7.07. The maximum atomic E-state index is 6.12. The summed E-state index contributed by atoms with van der Waals surface area (Å²) in [6.45, 7) is 4.28. The van der Waals surface area contributed by atoms with Crippen LogP contribution in [0.2, 0.25) is 5.02 Å². The number of benzene rings is 1. The van der Waals surface area contributed by atoms with Crippen molar-refractivity contribution >= 4 is 22.6 Å². The van der Waals surface area contributed by atoms with E-state index in [1.807, 2.05) is 37.3 Å². The summed E-state index contributed by atoms with van der Waals surface area (Å²) in [4.78, 5) is 4.66. The number of rotatable bonds is 6. The fourth-order valence-electron chi connectivity index (χ4n) is 2.39. The number of nitrogens with zero attached hydrogens (tertiary/aromatic N) is 2. The Labute approximate surface area is 128 Å². The Kier molecular flexibility index (Phi) is 4.27. The van der Waals surface area contributed by atoms with Crippen molar-refractivity contribution < 1.29 is 9.15 Å². The van der Waals surface area contributed by atoms with Gasteiger partial charge in [0.05, 0.1) is 17.3 Å². The van der Waals surface area contributed by atoms with Crippen LogP contribution in [0.1, 0.15) is 13.3 Å². The maximum Gasteiger partial charge on any atom is 0.177 e. The van der Waals surface area contributed by atoms with Crippen LogP contribution in [0.3, 0.4) is 0 Å². The normalized spacial score (nSPS) is 11.3. The molecule has 0 aliphatic carbocycles. The van der Waals surface area contributed by atoms with E-state index in [1.54, 1.807) is 6.26 Å². The molecule has 0 aliphatic rings. The molecular weight excluding hydrogens is 288 g/mol. The van der Waals surface area contributed by atoms with Crippen molar-refractivity contribution in [1.29, 1.82) is 0 Å². The zero-order valence-corrected chi connectivity index (χ0v) is 12.6. The van der Waals surface area contributed by atoms with Crippen LogP contribution >= 0.6 is 11.6 Å². The lowest BCUT2D eigenvalue weighted by Gasteiger charge is -2.08. The van der Waals surface area contributed by atoms with Gasteiger partial charge >= 0.3 is 0 Å². The van der Waals surface area contributed by atoms with Crippen LogP contribution in [-0.2, 0) is 11.3 Å². The van der Waals surface area contributed by atoms with Crippen molar-refractivity contribution in [3.8, 4) is 11.6 Å². The van der Waals surface area contributed by atoms with E-state index in [-0.39, 0.29) is 0 Å². The molecule has 2 aromatic heterocycles. The highest BCUT2D eigenvalue weighted by Crippen LogP contribution is 2.27. The van der Waals surface area contributed by atoms with Gasteiger partial charge in [-0.15, -0.1) is 0 Å². The first-order valence-corrected chi connectivity index (χ1v) is 7.45. The molecule has 3 aromatic rings. The van der Waals surface area contributed by atoms with E-state index in [0.717, 1.165) is 48.8 Å². The van der Waals surface area contributed by atoms with E-state index in [1.165, 1.54) is 0 Å². The Bertz CT molecular complexity index is 719. The molecule has 0 atom stereocenters. The maximum absolute atomic E-state index is 6.12. The molecule has 0 spiro atoms. The number of imidazole rings is 1. The zero-order chi connectivity index (χ0) is 14.7. The lowest BCUT2D eigenvalue weighted by Crippen LogP contribution is -2.04. The summed E-state index contributed by atoms with van der Waals surface area (Å²) in [5, 5.41) is 0.708. The molecule has 0 fully saturated rings. The van der Waals surface area contributed by atoms with Crippen LogP contribution in [0.4, 0.5) is 0 Å². The molecule has 1 aromatic carbocycles. The van der Waals surface area contributed by atoms with E-state index >= 15 is 0 Å². The second kappa shape index (κ2) is 6.33. The third-order valence-electron chi connectivity index (χ3n) is 3.33. The van der Waals surface area contributed by atoms with Gasteiger partial charge in [-0.2, -0.15) is 0 Å². The van der Waals surface area contributed by atoms with Crippen LogP contribution in [-0.4, -0.2) is 22.8 Å². The smallest absolute Gasteiger partial charge is 0.177 e. The van der Waals surface area contributed by atoms with Gasteiger partial charge in [0.25, 0.3) is 0 Å². The predicted octanol–water partition coefficient (Wildman–Crippen LogP) is 4.38. The van der Waals surface area contributed by atoms with Gasteiger partial charge < -0.3 is 13.7 Å². The third kappa shape index (κ3) is 2.96. The minimum absolute atomic E-state index is 0.708. The highest BCUT2D eigenvalue weighted by molar-refractivity contribution is 6.31. The van der Waals surface area contributed by atoms with E-state index < -0.39 is 0 Å². The molecule has 3 rings (SSSR count). The minimum Gasteiger partial charge on any atom is -0.461 e. The lowest BCUT2D eigenvalue weighted by atomic mass is 10.3. The molecule has 4 nitrogen and oxygen atoms in total. The molecule has 0 aliphatic heterocycles. The fourth-order valence-corrected chi connectivity index (χ4v) is 2.55. The average molecular weight is 305 g/mol. The summed E-state index contributed by atoms with van der Waals surface area (Å²) < 4.78 is 13.1. The quantitative estimate of drug-likeness (QED) is 0.635. The molecule has 2 heterocycles. The summed E-state index contributed by atoms with van der Waals surface area (Å²) in [6, 6.07) is 9.52. The van der Waals surface area contributed by atoms with Gasteiger partial charge in [-0.25, -0.2) is 4.98 Å². The van der Waals surface area contributed by atoms with Crippen molar-refractivity contribution in [2.24, 2.45) is 0 Å². The van der Waals surface area contributed by atoms with Crippen molar-refractivity contribution in [3.63, 3.8) is 0 Å². The van der Waals surface area contributed by atoms with Gasteiger partial charge in [-0.3, -0.25) is 0 Å². The standard InChI is InChI=1S/C16H17ClN2O2/c1-2-20-9-4-8-19-14-11-12(17)6-7-13(14)18-16(19)15-5-3-10-21-15/h3,5-7,10-11H,2,4,8-9H2,1H3. The third-order valence-corrected chi connectivity index (χ3v) is 3.56. The van der Waals surface area contributed by atoms with Crippen molar-refractivity contribution in [2.75, 3.05) is 13.2 Å². The predicted molar refractivity (Wildman–Crippen MR) is 83.6 cm³/mol. The van der Waals surface area contributed by atoms with Crippen LogP contribution in [0.15, 0.2) is 41.0 Å². The number of ether oxygens (including phenoxy) is 1. The molecular formula is C16H17ClN2O2. The Morgan fingerprint density at radius 1 is 1.33 bits per heavy atom. The van der Waals surface area contributed by atoms with Crippen LogP contribution in [0.5, 0.6) is 0 Å². The molecule has 0 unspecified atom stereocenters. The van der Waals surface area contributed by atoms with Gasteiger partial charge in [0, 0.05) is 24.8 Å². The van der Waals surface area contributed by atoms with Gasteiger partial charge in [0.1, 0.15) is 0 Å². The molecule has 0 N–H and O–H groups in total. The Hall–Kier alpha value is -1.78. The van der Waals surface area contributed by atoms with Crippen LogP contribution < -0.4 is 0 Å². The number of furan rings is 1. The van der Waals surface area contributed by atoms with E-state index in [9.17, 15) is 0 Å². The Morgan fingerprint density at radius 2 is 2.24 bits per heavy atom. The average Bonchev–Trinajstić information content (AvgIpc) is 3.11. The molecule has 0 saturated carbocycles. The molecule has 0 radical (unpaired) electrons. The Morgan fingerprint density at radius 3 is 3.00 bits per heavy atom. The molecule has 0 bridgehead atoms. The van der Waals surface area contributed by atoms with Crippen molar-refractivity contribution in [2.45, 2.75) is 19.9 Å². The summed E-state index contributed by atoms with van der Waals surface area (Å²) in [6.07, 6.45) is 2.58. The first-order chi connectivity index (χ1) is 10.3. The summed E-state index contributed by atoms with van der Waals surface area (Å²) in [5.74, 6) is 1.59. The van der Waals surface area contributed by atoms with Gasteiger partial charge in [-0.05, 0) is 43.7 Å². The van der Waals surface area contributed by atoms with Crippen LogP contribution in [0.25, 0.3) is 22.6 Å². The SMILES string of the molecule is CCOCCCn1c(-c2ccco2)nc2ccc(Cl)cc21. The number of hydrogen-bond acceptors (Lipinski definition) is 3. The first kappa shape index (κ1) is 14.2. The number of hydrogen-bond donors (Lipinski definition) is 0. The number of aromatic nitrogens is 2. The zero-order valence-electron chi connectivity index (χ0n) is 11.9. The number of aryl methyl sites for hydroxylation is 1. The molecule has 110 valence electrons. The highest BCUT2D eigenvalue weighted by atomic mass is 35.5. The van der Waals surface area contributed by atoms with Crippen LogP contribution in [0, 0.1) is 0 Å². The second-order valence-electron chi connectivity index (χ2n) is 4.75. The monoisotopic (exact) mass is 304 g/mol. The van der Waals surface area contributed by atoms with E-state index in [0.29, 0.717) is 5.02 Å². The molecule has 0 saturated heterocycles.